The van der Waals surface area contributed by atoms with Crippen molar-refractivity contribution in [1.82, 2.24) is 0 Å². The van der Waals surface area contributed by atoms with E-state index in [0.29, 0.717) is 0 Å². The Bertz CT molecular complexity index is 2570. The molecule has 0 saturated heterocycles. The molecule has 0 N–H and O–H groups in total. The Morgan fingerprint density at radius 1 is 0.418 bits per heavy atom. The summed E-state index contributed by atoms with van der Waals surface area (Å²) in [7, 11) is -1.86. The van der Waals surface area contributed by atoms with E-state index in [1.54, 1.807) is 0 Å². The number of hydrogen-bond donors (Lipinski definition) is 0. The van der Waals surface area contributed by atoms with Crippen molar-refractivity contribution in [3.05, 3.63) is 174 Å². The summed E-state index contributed by atoms with van der Waals surface area (Å²) in [6.07, 6.45) is 0. The molecule has 0 amide bonds. The summed E-state index contributed by atoms with van der Waals surface area (Å²) >= 11 is 0. The molecule has 3 nitrogen and oxygen atoms in total. The molecule has 0 bridgehead atoms. The number of rotatable bonds is 3. The van der Waals surface area contributed by atoms with Crippen molar-refractivity contribution in [1.29, 1.82) is 0 Å². The van der Waals surface area contributed by atoms with Crippen LogP contribution in [-0.4, -0.2) is 8.07 Å². The summed E-state index contributed by atoms with van der Waals surface area (Å²) in [5, 5.41) is 2.98. The summed E-state index contributed by atoms with van der Waals surface area (Å²) in [4.78, 5) is 7.39. The number of para-hydroxylation sites is 6. The smallest absolute Gasteiger partial charge is 0.117 e. The maximum atomic E-state index is 2.51. The van der Waals surface area contributed by atoms with Crippen molar-refractivity contribution in [2.45, 2.75) is 58.5 Å². The van der Waals surface area contributed by atoms with Gasteiger partial charge in [-0.05, 0) is 116 Å². The molecule has 7 aromatic rings. The minimum Gasteiger partial charge on any atom is -0.311 e. The number of fused-ring (bicyclic) bond motifs is 7. The second kappa shape index (κ2) is 11.8. The first kappa shape index (κ1) is 33.7. The van der Waals surface area contributed by atoms with Crippen molar-refractivity contribution >= 4 is 69.6 Å². The molecule has 270 valence electrons. The number of anilines is 9. The maximum absolute atomic E-state index is 2.51. The topological polar surface area (TPSA) is 9.72 Å². The van der Waals surface area contributed by atoms with E-state index in [-0.39, 0.29) is 10.8 Å². The summed E-state index contributed by atoms with van der Waals surface area (Å²) in [5.74, 6) is 0. The van der Waals surface area contributed by atoms with E-state index in [4.69, 9.17) is 0 Å². The minimum atomic E-state index is -1.86. The van der Waals surface area contributed by atoms with Gasteiger partial charge in [0.25, 0.3) is 0 Å². The van der Waals surface area contributed by atoms with E-state index in [2.05, 4.69) is 220 Å². The molecular formula is C51H47N3Si. The fraction of sp³-hybridized carbons (Fsp3) is 0.176. The Labute approximate surface area is 327 Å². The Morgan fingerprint density at radius 2 is 0.764 bits per heavy atom. The van der Waals surface area contributed by atoms with Crippen LogP contribution in [0.4, 0.5) is 51.2 Å². The fourth-order valence-electron chi connectivity index (χ4n) is 9.55. The van der Waals surface area contributed by atoms with Crippen molar-refractivity contribution < 1.29 is 0 Å². The summed E-state index contributed by atoms with van der Waals surface area (Å²) in [6, 6.07) is 59.3. The largest absolute Gasteiger partial charge is 0.311 e. The lowest BCUT2D eigenvalue weighted by Crippen LogP contribution is -2.58. The Balaban J connectivity index is 1.07. The Morgan fingerprint density at radius 3 is 1.18 bits per heavy atom. The van der Waals surface area contributed by atoms with E-state index < -0.39 is 8.07 Å². The highest BCUT2D eigenvalue weighted by atomic mass is 28.3. The van der Waals surface area contributed by atoms with Gasteiger partial charge in [0.15, 0.2) is 0 Å². The first-order valence-electron chi connectivity index (χ1n) is 19.6. The third kappa shape index (κ3) is 4.94. The summed E-state index contributed by atoms with van der Waals surface area (Å²) in [5.41, 5.74) is 17.5. The summed E-state index contributed by atoms with van der Waals surface area (Å²) in [6.45, 7) is 16.6. The van der Waals surface area contributed by atoms with E-state index in [9.17, 15) is 0 Å². The first-order chi connectivity index (χ1) is 26.4. The monoisotopic (exact) mass is 729 g/mol. The molecule has 10 rings (SSSR count). The normalized spacial score (nSPS) is 15.7. The van der Waals surface area contributed by atoms with E-state index in [1.807, 2.05) is 0 Å². The Kier molecular flexibility index (Phi) is 7.25. The van der Waals surface area contributed by atoms with Crippen LogP contribution in [0.2, 0.25) is 13.1 Å². The van der Waals surface area contributed by atoms with Crippen molar-refractivity contribution in [3.8, 4) is 11.1 Å². The Hall–Kier alpha value is -5.84. The standard InChI is InChI=1S/C51H47N3Si/c1-50(2,3)34-24-26-35(27-25-34)52-42-16-8-10-18-44(42)53(45-19-11-9-17-43(45)52)36-28-30-38-39-31-29-37(33-41(39)51(4,5)40(38)32-36)54-46-20-12-14-22-48(46)55(6,7)49-23-15-13-21-47(49)54/h8-33H,1-7H3. The van der Waals surface area contributed by atoms with Crippen LogP contribution in [0.15, 0.2) is 158 Å². The van der Waals surface area contributed by atoms with Gasteiger partial charge in [-0.15, -0.1) is 0 Å². The lowest BCUT2D eigenvalue weighted by molar-refractivity contribution is 0.590. The van der Waals surface area contributed by atoms with Crippen LogP contribution in [0.3, 0.4) is 0 Å². The van der Waals surface area contributed by atoms with Gasteiger partial charge in [0.1, 0.15) is 8.07 Å². The number of hydrogen-bond acceptors (Lipinski definition) is 3. The SMILES string of the molecule is CC(C)(C)c1ccc(N2c3ccccc3N(c3ccc4c(c3)C(C)(C)c3cc(N5c6ccccc6[Si](C)(C)c6ccccc65)ccc3-4)c3ccccc32)cc1. The molecule has 4 heteroatoms. The molecule has 1 aliphatic carbocycles. The molecule has 0 atom stereocenters. The highest BCUT2D eigenvalue weighted by Gasteiger charge is 2.41. The van der Waals surface area contributed by atoms with Gasteiger partial charge in [0, 0.05) is 33.9 Å². The van der Waals surface area contributed by atoms with Crippen LogP contribution in [0.1, 0.15) is 51.3 Å². The van der Waals surface area contributed by atoms with Gasteiger partial charge in [-0.1, -0.05) is 133 Å². The van der Waals surface area contributed by atoms with Crippen LogP contribution in [0.5, 0.6) is 0 Å². The molecule has 0 saturated carbocycles. The molecule has 55 heavy (non-hydrogen) atoms. The third-order valence-electron chi connectivity index (χ3n) is 12.5. The lowest BCUT2D eigenvalue weighted by Gasteiger charge is -2.41. The predicted octanol–water partition coefficient (Wildman–Crippen LogP) is 13.1. The highest BCUT2D eigenvalue weighted by Crippen LogP contribution is 2.57. The molecular weight excluding hydrogens is 683 g/mol. The van der Waals surface area contributed by atoms with Crippen LogP contribution in [0.25, 0.3) is 11.1 Å². The average Bonchev–Trinajstić information content (AvgIpc) is 3.41. The number of nitrogens with zero attached hydrogens (tertiary/aromatic N) is 3. The molecule has 2 heterocycles. The van der Waals surface area contributed by atoms with Crippen LogP contribution in [0, 0.1) is 0 Å². The average molecular weight is 730 g/mol. The minimum absolute atomic E-state index is 0.0959. The van der Waals surface area contributed by atoms with Gasteiger partial charge in [0.05, 0.1) is 22.7 Å². The van der Waals surface area contributed by atoms with Crippen LogP contribution >= 0.6 is 0 Å². The third-order valence-corrected chi connectivity index (χ3v) is 16.1. The summed E-state index contributed by atoms with van der Waals surface area (Å²) < 4.78 is 0. The zero-order chi connectivity index (χ0) is 37.9. The van der Waals surface area contributed by atoms with Crippen molar-refractivity contribution in [3.63, 3.8) is 0 Å². The lowest BCUT2D eigenvalue weighted by atomic mass is 9.82. The number of benzene rings is 7. The second-order valence-electron chi connectivity index (χ2n) is 17.5. The quantitative estimate of drug-likeness (QED) is 0.168. The second-order valence-corrected chi connectivity index (χ2v) is 21.9. The zero-order valence-corrected chi connectivity index (χ0v) is 33.9. The van der Waals surface area contributed by atoms with Gasteiger partial charge in [-0.2, -0.15) is 0 Å². The van der Waals surface area contributed by atoms with Gasteiger partial charge in [-0.25, -0.2) is 0 Å². The van der Waals surface area contributed by atoms with E-state index >= 15 is 0 Å². The zero-order valence-electron chi connectivity index (χ0n) is 32.9. The van der Waals surface area contributed by atoms with Crippen LogP contribution < -0.4 is 25.1 Å². The van der Waals surface area contributed by atoms with E-state index in [1.165, 1.54) is 89.4 Å². The van der Waals surface area contributed by atoms with Gasteiger partial charge in [-0.3, -0.25) is 0 Å². The first-order valence-corrected chi connectivity index (χ1v) is 22.6. The van der Waals surface area contributed by atoms with Gasteiger partial charge < -0.3 is 14.7 Å². The molecule has 3 aliphatic rings. The molecule has 0 spiro atoms. The highest BCUT2D eigenvalue weighted by molar-refractivity contribution is 7.02. The van der Waals surface area contributed by atoms with Crippen molar-refractivity contribution in [2.24, 2.45) is 0 Å². The van der Waals surface area contributed by atoms with Gasteiger partial charge >= 0.3 is 0 Å². The predicted molar refractivity (Wildman–Crippen MR) is 237 cm³/mol. The van der Waals surface area contributed by atoms with E-state index in [0.717, 1.165) is 0 Å². The van der Waals surface area contributed by atoms with Gasteiger partial charge in [0.2, 0.25) is 0 Å². The van der Waals surface area contributed by atoms with Crippen LogP contribution in [-0.2, 0) is 10.8 Å². The molecule has 7 aromatic carbocycles. The van der Waals surface area contributed by atoms with Crippen molar-refractivity contribution in [2.75, 3.05) is 14.7 Å². The molecule has 0 unspecified atom stereocenters. The molecule has 0 aromatic heterocycles. The maximum Gasteiger partial charge on any atom is 0.117 e. The molecule has 2 aliphatic heterocycles. The fourth-order valence-corrected chi connectivity index (χ4v) is 12.5. The molecule has 0 radical (unpaired) electrons. The molecule has 0 fully saturated rings.